The second-order valence-corrected chi connectivity index (χ2v) is 6.87. The van der Waals surface area contributed by atoms with Crippen LogP contribution in [0.25, 0.3) is 10.2 Å². The van der Waals surface area contributed by atoms with E-state index in [2.05, 4.69) is 4.98 Å². The van der Waals surface area contributed by atoms with Crippen molar-refractivity contribution in [3.63, 3.8) is 0 Å². The van der Waals surface area contributed by atoms with Crippen LogP contribution in [0.4, 0.5) is 9.52 Å². The Balaban J connectivity index is 1.68. The summed E-state index contributed by atoms with van der Waals surface area (Å²) in [7, 11) is 1.87. The molecule has 0 aliphatic heterocycles. The first-order valence-corrected chi connectivity index (χ1v) is 8.97. The van der Waals surface area contributed by atoms with Gasteiger partial charge in [-0.1, -0.05) is 35.6 Å². The number of benzene rings is 2. The number of para-hydroxylation sites is 1. The lowest BCUT2D eigenvalue weighted by atomic mass is 10.2. The number of fused-ring (bicyclic) bond motifs is 1. The van der Waals surface area contributed by atoms with E-state index in [1.807, 2.05) is 49.2 Å². The highest BCUT2D eigenvalue weighted by molar-refractivity contribution is 7.22. The van der Waals surface area contributed by atoms with E-state index in [-0.39, 0.29) is 18.3 Å². The lowest BCUT2D eigenvalue weighted by molar-refractivity contribution is -0.130. The maximum Gasteiger partial charge on any atom is 0.242 e. The van der Waals surface area contributed by atoms with E-state index in [4.69, 9.17) is 0 Å². The van der Waals surface area contributed by atoms with Crippen LogP contribution in [0.3, 0.4) is 0 Å². The Hall–Kier alpha value is -2.47. The van der Waals surface area contributed by atoms with Crippen LogP contribution in [0.1, 0.15) is 12.5 Å². The molecule has 0 bridgehead atoms. The van der Waals surface area contributed by atoms with E-state index >= 15 is 0 Å². The molecule has 1 amide bonds. The number of carbonyl (C=O) groups excluding carboxylic acids is 1. The highest BCUT2D eigenvalue weighted by Gasteiger charge is 2.17. The fourth-order valence-corrected chi connectivity index (χ4v) is 3.55. The van der Waals surface area contributed by atoms with Crippen molar-refractivity contribution in [1.82, 2.24) is 9.88 Å². The minimum Gasteiger partial charge on any atom is -0.342 e. The van der Waals surface area contributed by atoms with E-state index in [1.165, 1.54) is 12.1 Å². The van der Waals surface area contributed by atoms with Crippen LogP contribution in [0.5, 0.6) is 0 Å². The molecular weight excluding hydrogens is 337 g/mol. The summed E-state index contributed by atoms with van der Waals surface area (Å²) in [6.07, 6.45) is 0. The minimum absolute atomic E-state index is 0.00600. The summed E-state index contributed by atoms with van der Waals surface area (Å²) >= 11 is 1.57. The molecule has 3 rings (SSSR count). The number of hydrogen-bond donors (Lipinski definition) is 0. The second kappa shape index (κ2) is 7.61. The van der Waals surface area contributed by atoms with Crippen molar-refractivity contribution in [2.24, 2.45) is 0 Å². The maximum absolute atomic E-state index is 13.3. The van der Waals surface area contributed by atoms with E-state index in [0.29, 0.717) is 13.1 Å². The fourth-order valence-electron chi connectivity index (χ4n) is 2.63. The predicted octanol–water partition coefficient (Wildman–Crippen LogP) is 3.92. The number of carbonyl (C=O) groups is 1. The van der Waals surface area contributed by atoms with Gasteiger partial charge in [-0.3, -0.25) is 4.79 Å². The maximum atomic E-state index is 13.3. The average Bonchev–Trinajstić information content (AvgIpc) is 3.04. The summed E-state index contributed by atoms with van der Waals surface area (Å²) in [6, 6.07) is 14.3. The van der Waals surface area contributed by atoms with Crippen molar-refractivity contribution in [2.45, 2.75) is 13.5 Å². The van der Waals surface area contributed by atoms with Gasteiger partial charge in [0.1, 0.15) is 5.82 Å². The van der Waals surface area contributed by atoms with Crippen molar-refractivity contribution < 1.29 is 9.18 Å². The van der Waals surface area contributed by atoms with Crippen LogP contribution in [-0.2, 0) is 11.3 Å². The van der Waals surface area contributed by atoms with Gasteiger partial charge in [-0.15, -0.1) is 0 Å². The van der Waals surface area contributed by atoms with Gasteiger partial charge in [0.2, 0.25) is 5.91 Å². The quantitative estimate of drug-likeness (QED) is 0.671. The number of likely N-dealkylation sites (N-methyl/N-ethyl adjacent to an activating group) is 2. The molecule has 0 fully saturated rings. The van der Waals surface area contributed by atoms with Crippen molar-refractivity contribution >= 4 is 32.6 Å². The van der Waals surface area contributed by atoms with Gasteiger partial charge in [-0.05, 0) is 36.8 Å². The highest BCUT2D eigenvalue weighted by Crippen LogP contribution is 2.27. The molecule has 25 heavy (non-hydrogen) atoms. The number of halogens is 1. The van der Waals surface area contributed by atoms with Gasteiger partial charge in [0, 0.05) is 20.1 Å². The molecule has 2 aromatic carbocycles. The lowest BCUT2D eigenvalue weighted by Gasteiger charge is -2.24. The number of nitrogens with zero attached hydrogens (tertiary/aromatic N) is 3. The summed E-state index contributed by atoms with van der Waals surface area (Å²) in [5, 5.41) is 0.816. The third-order valence-electron chi connectivity index (χ3n) is 3.98. The van der Waals surface area contributed by atoms with Crippen LogP contribution < -0.4 is 4.90 Å². The zero-order chi connectivity index (χ0) is 17.8. The molecule has 0 radical (unpaired) electrons. The molecule has 0 saturated carbocycles. The number of amides is 1. The van der Waals surface area contributed by atoms with Gasteiger partial charge >= 0.3 is 0 Å². The number of aromatic nitrogens is 1. The molecule has 6 heteroatoms. The highest BCUT2D eigenvalue weighted by atomic mass is 32.1. The Morgan fingerprint density at radius 2 is 2.00 bits per heavy atom. The first-order chi connectivity index (χ1) is 12.1. The zero-order valence-electron chi connectivity index (χ0n) is 14.3. The fraction of sp³-hybridized carbons (Fsp3) is 0.263. The molecule has 3 aromatic rings. The molecule has 4 nitrogen and oxygen atoms in total. The van der Waals surface area contributed by atoms with Crippen molar-refractivity contribution in [3.8, 4) is 0 Å². The molecule has 0 unspecified atom stereocenters. The van der Waals surface area contributed by atoms with Crippen LogP contribution >= 0.6 is 11.3 Å². The normalized spacial score (nSPS) is 10.8. The van der Waals surface area contributed by atoms with Gasteiger partial charge in [0.15, 0.2) is 5.13 Å². The zero-order valence-corrected chi connectivity index (χ0v) is 15.1. The number of anilines is 1. The summed E-state index contributed by atoms with van der Waals surface area (Å²) < 4.78 is 14.4. The summed E-state index contributed by atoms with van der Waals surface area (Å²) in [4.78, 5) is 20.8. The Morgan fingerprint density at radius 3 is 2.72 bits per heavy atom. The molecule has 1 aromatic heterocycles. The molecule has 0 spiro atoms. The van der Waals surface area contributed by atoms with Gasteiger partial charge < -0.3 is 9.80 Å². The monoisotopic (exact) mass is 357 g/mol. The Kier molecular flexibility index (Phi) is 5.28. The molecule has 0 aliphatic rings. The molecular formula is C19H20FN3OS. The Bertz CT molecular complexity index is 847. The van der Waals surface area contributed by atoms with E-state index in [1.54, 1.807) is 22.3 Å². The second-order valence-electron chi connectivity index (χ2n) is 5.86. The Morgan fingerprint density at radius 1 is 1.20 bits per heavy atom. The van der Waals surface area contributed by atoms with Crippen molar-refractivity contribution in [2.75, 3.05) is 25.0 Å². The topological polar surface area (TPSA) is 36.4 Å². The molecule has 0 aliphatic carbocycles. The molecule has 0 N–H and O–H groups in total. The first-order valence-electron chi connectivity index (χ1n) is 8.15. The van der Waals surface area contributed by atoms with Gasteiger partial charge in [-0.25, -0.2) is 9.37 Å². The minimum atomic E-state index is -0.285. The SMILES string of the molecule is CCN(Cc1cccc(F)c1)C(=O)CN(C)c1nc2ccccc2s1. The van der Waals surface area contributed by atoms with E-state index in [0.717, 1.165) is 20.9 Å². The van der Waals surface area contributed by atoms with Crippen LogP contribution in [-0.4, -0.2) is 35.9 Å². The molecule has 0 saturated heterocycles. The smallest absolute Gasteiger partial charge is 0.242 e. The first kappa shape index (κ1) is 17.4. The van der Waals surface area contributed by atoms with Crippen molar-refractivity contribution in [1.29, 1.82) is 0 Å². The third kappa shape index (κ3) is 4.14. The van der Waals surface area contributed by atoms with Crippen LogP contribution in [0, 0.1) is 5.82 Å². The van der Waals surface area contributed by atoms with Gasteiger partial charge in [0.25, 0.3) is 0 Å². The van der Waals surface area contributed by atoms with Crippen LogP contribution in [0.15, 0.2) is 48.5 Å². The third-order valence-corrected chi connectivity index (χ3v) is 5.13. The largest absolute Gasteiger partial charge is 0.342 e. The summed E-state index contributed by atoms with van der Waals surface area (Å²) in [6.45, 7) is 3.14. The standard InChI is InChI=1S/C19H20FN3OS/c1-3-23(12-14-7-6-8-15(20)11-14)18(24)13-22(2)19-21-16-9-4-5-10-17(16)25-19/h4-11H,3,12-13H2,1-2H3. The summed E-state index contributed by atoms with van der Waals surface area (Å²) in [5.41, 5.74) is 1.73. The molecule has 130 valence electrons. The van der Waals surface area contributed by atoms with Gasteiger partial charge in [-0.2, -0.15) is 0 Å². The predicted molar refractivity (Wildman–Crippen MR) is 100 cm³/mol. The number of rotatable bonds is 6. The average molecular weight is 357 g/mol. The Labute approximate surface area is 150 Å². The van der Waals surface area contributed by atoms with E-state index < -0.39 is 0 Å². The van der Waals surface area contributed by atoms with Crippen LogP contribution in [0.2, 0.25) is 0 Å². The van der Waals surface area contributed by atoms with E-state index in [9.17, 15) is 9.18 Å². The number of hydrogen-bond acceptors (Lipinski definition) is 4. The van der Waals surface area contributed by atoms with Crippen molar-refractivity contribution in [3.05, 3.63) is 59.9 Å². The summed E-state index contributed by atoms with van der Waals surface area (Å²) in [5.74, 6) is -0.291. The lowest BCUT2D eigenvalue weighted by Crippen LogP contribution is -2.38. The molecule has 0 atom stereocenters. The number of thiazole rings is 1. The molecule has 1 heterocycles. The van der Waals surface area contributed by atoms with Gasteiger partial charge in [0.05, 0.1) is 16.8 Å².